The van der Waals surface area contributed by atoms with Crippen molar-refractivity contribution in [3.63, 3.8) is 0 Å². The molecule has 346 valence electrons. The minimum Gasteiger partial charge on any atom is -0.481 e. The molecule has 18 heteroatoms. The number of carboxylic acids is 2. The Labute approximate surface area is 379 Å². The molecule has 66 heavy (non-hydrogen) atoms. The van der Waals surface area contributed by atoms with E-state index in [0.29, 0.717) is 50.4 Å². The Morgan fingerprint density at radius 3 is 2.03 bits per heavy atom. The topological polar surface area (TPSA) is 269 Å². The second kappa shape index (κ2) is 19.6. The van der Waals surface area contributed by atoms with Crippen LogP contribution < -0.4 is 10.6 Å². The summed E-state index contributed by atoms with van der Waals surface area (Å²) >= 11 is 0. The summed E-state index contributed by atoms with van der Waals surface area (Å²) in [5.41, 5.74) is 9.01. The number of aryl methyl sites for hydroxylation is 4. The zero-order chi connectivity index (χ0) is 48.2. The Balaban J connectivity index is 1.52. The number of aromatic amines is 2. The van der Waals surface area contributed by atoms with Gasteiger partial charge in [-0.15, -0.1) is 0 Å². The standard InChI is InChI=1S/C48H52N6O12/c1-9-26-23(2)32-19-37-30-13-10-29(46(62)65-7)44(47(63)66-8)48(30,5)39(53-37)21-33-25(4)28(12-15-43(59)64-6)36(52-33)20-35-27(24(3)31(51-35)18-34(26)50-32)11-14-40(55)49-17-16-41(56)54-38(45(60)61)22-42(57)58/h9-10,13,18-21,38,44,51-52H,1,11-12,14-17,22H2,2-8H3,(H,49,55)(H,54,56)(H,57,58)(H,60,61)/t38?,44-,48+/m0/s1. The summed E-state index contributed by atoms with van der Waals surface area (Å²) in [5, 5.41) is 23.1. The summed E-state index contributed by atoms with van der Waals surface area (Å²) in [6, 6.07) is 5.85. The molecule has 8 bridgehead atoms. The van der Waals surface area contributed by atoms with Crippen LogP contribution in [0.25, 0.3) is 38.8 Å². The number of fused-ring (bicyclic) bond motifs is 11. The van der Waals surface area contributed by atoms with Crippen LogP contribution in [-0.4, -0.2) is 106 Å². The lowest BCUT2D eigenvalue weighted by molar-refractivity contribution is -0.149. The minimum atomic E-state index is -1.61. The molecule has 0 saturated carbocycles. The monoisotopic (exact) mass is 904 g/mol. The van der Waals surface area contributed by atoms with Crippen molar-refractivity contribution in [2.75, 3.05) is 27.9 Å². The highest BCUT2D eigenvalue weighted by atomic mass is 16.5. The van der Waals surface area contributed by atoms with Crippen LogP contribution in [0, 0.1) is 19.8 Å². The molecule has 18 nitrogen and oxygen atoms in total. The fourth-order valence-electron chi connectivity index (χ4n) is 8.74. The highest BCUT2D eigenvalue weighted by Gasteiger charge is 2.53. The second-order valence-electron chi connectivity index (χ2n) is 16.3. The average Bonchev–Trinajstić information content (AvgIpc) is 3.94. The molecule has 1 aliphatic carbocycles. The van der Waals surface area contributed by atoms with Gasteiger partial charge in [-0.3, -0.25) is 29.0 Å². The summed E-state index contributed by atoms with van der Waals surface area (Å²) in [6.07, 6.45) is 4.55. The third kappa shape index (κ3) is 9.43. The minimum absolute atomic E-state index is 0.00364. The molecule has 2 amide bonds. The number of hydrogen-bond donors (Lipinski definition) is 6. The largest absolute Gasteiger partial charge is 0.481 e. The van der Waals surface area contributed by atoms with Gasteiger partial charge in [-0.1, -0.05) is 24.8 Å². The SMILES string of the molecule is C=CC1=C(C)c2cc3nc(cc4[nH]c(cc5[nH]c(cc1n2)c(C)c5CCC(=O)NCCC(=O)NC(CC(=O)O)C(=O)O)c(CCC(=O)OC)c4C)[C@@]1(C)C3=CC=C(C(=O)OC)[C@H]1C(=O)OC. The number of aliphatic carboxylic acids is 2. The molecule has 3 aliphatic rings. The quantitative estimate of drug-likeness (QED) is 0.0827. The third-order valence-corrected chi connectivity index (χ3v) is 12.4. The number of hydrogen-bond acceptors (Lipinski definition) is 12. The van der Waals surface area contributed by atoms with E-state index in [9.17, 15) is 38.7 Å². The fraction of sp³-hybridized carbons (Fsp3) is 0.354. The summed E-state index contributed by atoms with van der Waals surface area (Å²) in [5.74, 6) is -6.92. The number of H-pyrrole nitrogens is 2. The first-order valence-electron chi connectivity index (χ1n) is 21.1. The Morgan fingerprint density at radius 2 is 1.44 bits per heavy atom. The highest BCUT2D eigenvalue weighted by molar-refractivity contribution is 6.02. The first kappa shape index (κ1) is 47.8. The summed E-state index contributed by atoms with van der Waals surface area (Å²) in [6.45, 7) is 11.5. The van der Waals surface area contributed by atoms with Crippen molar-refractivity contribution in [1.82, 2.24) is 30.6 Å². The van der Waals surface area contributed by atoms with Crippen molar-refractivity contribution in [2.24, 2.45) is 5.92 Å². The van der Waals surface area contributed by atoms with E-state index in [0.717, 1.165) is 33.4 Å². The van der Waals surface area contributed by atoms with Gasteiger partial charge in [-0.05, 0) is 98.2 Å². The lowest BCUT2D eigenvalue weighted by Crippen LogP contribution is -2.43. The van der Waals surface area contributed by atoms with Crippen molar-refractivity contribution in [2.45, 2.75) is 77.7 Å². The van der Waals surface area contributed by atoms with E-state index in [1.165, 1.54) is 21.3 Å². The van der Waals surface area contributed by atoms with E-state index in [1.54, 1.807) is 18.2 Å². The Kier molecular flexibility index (Phi) is 14.2. The molecule has 0 saturated heterocycles. The van der Waals surface area contributed by atoms with E-state index >= 15 is 0 Å². The molecule has 0 aromatic carbocycles. The number of allylic oxidation sites excluding steroid dienone is 6. The number of carboxylic acid groups (broad SMARTS) is 2. The van der Waals surface area contributed by atoms with E-state index < -0.39 is 59.5 Å². The number of carbonyl (C=O) groups excluding carboxylic acids is 5. The number of nitrogens with zero attached hydrogens (tertiary/aromatic N) is 2. The molecule has 5 heterocycles. The number of nitrogens with one attached hydrogen (secondary N) is 4. The van der Waals surface area contributed by atoms with E-state index in [2.05, 4.69) is 27.2 Å². The van der Waals surface area contributed by atoms with E-state index in [-0.39, 0.29) is 50.1 Å². The van der Waals surface area contributed by atoms with Crippen molar-refractivity contribution < 1.29 is 58.0 Å². The highest BCUT2D eigenvalue weighted by Crippen LogP contribution is 2.52. The zero-order valence-electron chi connectivity index (χ0n) is 37.7. The molecule has 3 atom stereocenters. The van der Waals surface area contributed by atoms with Crippen LogP contribution in [0.15, 0.2) is 54.6 Å². The summed E-state index contributed by atoms with van der Waals surface area (Å²) < 4.78 is 15.4. The maximum absolute atomic E-state index is 13.8. The van der Waals surface area contributed by atoms with Crippen LogP contribution in [0.1, 0.15) is 84.6 Å². The first-order chi connectivity index (χ1) is 31.4. The number of amides is 2. The average molecular weight is 905 g/mol. The van der Waals surface area contributed by atoms with Gasteiger partial charge in [0.05, 0.1) is 61.5 Å². The van der Waals surface area contributed by atoms with Crippen molar-refractivity contribution >= 4 is 80.4 Å². The Hall–Kier alpha value is -7.63. The second-order valence-corrected chi connectivity index (χ2v) is 16.3. The van der Waals surface area contributed by atoms with Crippen molar-refractivity contribution in [3.8, 4) is 0 Å². The molecular formula is C48H52N6O12. The van der Waals surface area contributed by atoms with Gasteiger partial charge in [-0.25, -0.2) is 14.6 Å². The van der Waals surface area contributed by atoms with Crippen LogP contribution in [0.4, 0.5) is 0 Å². The normalized spacial score (nSPS) is 16.8. The van der Waals surface area contributed by atoms with Crippen LogP contribution in [0.5, 0.6) is 0 Å². The maximum Gasteiger partial charge on any atom is 0.334 e. The molecular weight excluding hydrogens is 853 g/mol. The molecule has 1 unspecified atom stereocenters. The molecule has 2 aliphatic heterocycles. The van der Waals surface area contributed by atoms with Gasteiger partial charge in [0.2, 0.25) is 11.8 Å². The lowest BCUT2D eigenvalue weighted by Gasteiger charge is -2.36. The van der Waals surface area contributed by atoms with Gasteiger partial charge < -0.3 is 45.0 Å². The number of rotatable bonds is 16. The van der Waals surface area contributed by atoms with Crippen molar-refractivity contribution in [3.05, 3.63) is 99.7 Å². The fourth-order valence-corrected chi connectivity index (χ4v) is 8.74. The Morgan fingerprint density at radius 1 is 0.788 bits per heavy atom. The third-order valence-electron chi connectivity index (χ3n) is 12.4. The maximum atomic E-state index is 13.8. The van der Waals surface area contributed by atoms with Gasteiger partial charge >= 0.3 is 29.8 Å². The van der Waals surface area contributed by atoms with Gasteiger partial charge in [0.1, 0.15) is 12.0 Å². The first-order valence-corrected chi connectivity index (χ1v) is 21.1. The predicted octanol–water partition coefficient (Wildman–Crippen LogP) is 4.88. The molecule has 6 rings (SSSR count). The van der Waals surface area contributed by atoms with E-state index in [1.807, 2.05) is 52.0 Å². The summed E-state index contributed by atoms with van der Waals surface area (Å²) in [7, 11) is 3.82. The molecule has 0 spiro atoms. The number of ether oxygens (including phenoxy) is 3. The van der Waals surface area contributed by atoms with Gasteiger partial charge in [-0.2, -0.15) is 0 Å². The van der Waals surface area contributed by atoms with Gasteiger partial charge in [0.25, 0.3) is 0 Å². The van der Waals surface area contributed by atoms with Gasteiger partial charge in [0.15, 0.2) is 0 Å². The molecule has 3 aromatic rings. The number of esters is 3. The zero-order valence-corrected chi connectivity index (χ0v) is 37.7. The Bertz CT molecular complexity index is 2850. The van der Waals surface area contributed by atoms with Crippen molar-refractivity contribution in [1.29, 1.82) is 0 Å². The lowest BCUT2D eigenvalue weighted by atomic mass is 9.64. The van der Waals surface area contributed by atoms with Crippen LogP contribution in [-0.2, 0) is 66.0 Å². The van der Waals surface area contributed by atoms with Gasteiger partial charge in [0, 0.05) is 53.4 Å². The molecule has 3 aromatic heterocycles. The van der Waals surface area contributed by atoms with E-state index in [4.69, 9.17) is 29.3 Å². The summed E-state index contributed by atoms with van der Waals surface area (Å²) in [4.78, 5) is 105. The van der Waals surface area contributed by atoms with Crippen LogP contribution in [0.2, 0.25) is 0 Å². The molecule has 0 radical (unpaired) electrons. The number of aromatic nitrogens is 4. The molecule has 0 fully saturated rings. The number of methoxy groups -OCH3 is 3. The number of carbonyl (C=O) groups is 7. The molecule has 6 N–H and O–H groups in total. The van der Waals surface area contributed by atoms with Crippen LogP contribution in [0.3, 0.4) is 0 Å². The smallest absolute Gasteiger partial charge is 0.334 e. The predicted molar refractivity (Wildman–Crippen MR) is 242 cm³/mol. The van der Waals surface area contributed by atoms with Crippen LogP contribution >= 0.6 is 0 Å².